The third kappa shape index (κ3) is 3.49. The first-order valence-corrected chi connectivity index (χ1v) is 5.31. The van der Waals surface area contributed by atoms with Crippen molar-refractivity contribution in [1.29, 1.82) is 0 Å². The molecule has 0 saturated heterocycles. The van der Waals surface area contributed by atoms with E-state index in [9.17, 15) is 4.39 Å². The first-order chi connectivity index (χ1) is 7.46. The van der Waals surface area contributed by atoms with Crippen molar-refractivity contribution in [3.63, 3.8) is 0 Å². The lowest BCUT2D eigenvalue weighted by Crippen LogP contribution is -2.25. The fourth-order valence-electron chi connectivity index (χ4n) is 1.18. The van der Waals surface area contributed by atoms with Crippen LogP contribution in [0.2, 0.25) is 0 Å². The van der Waals surface area contributed by atoms with Crippen LogP contribution in [0.3, 0.4) is 0 Å². The van der Waals surface area contributed by atoms with Crippen LogP contribution in [0.4, 0.5) is 4.39 Å². The second-order valence-corrected chi connectivity index (χ2v) is 4.34. The van der Waals surface area contributed by atoms with Crippen LogP contribution in [-0.2, 0) is 4.74 Å². The van der Waals surface area contributed by atoms with Gasteiger partial charge in [0.15, 0.2) is 11.6 Å². The van der Waals surface area contributed by atoms with Crippen LogP contribution in [-0.4, -0.2) is 19.3 Å². The first-order valence-electron chi connectivity index (χ1n) is 5.31. The number of hydrogen-bond donors (Lipinski definition) is 0. The zero-order valence-corrected chi connectivity index (χ0v) is 10.3. The number of halogens is 1. The summed E-state index contributed by atoms with van der Waals surface area (Å²) in [4.78, 5) is 0. The Hall–Kier alpha value is -1.09. The van der Waals surface area contributed by atoms with Gasteiger partial charge in [-0.25, -0.2) is 4.39 Å². The third-order valence-electron chi connectivity index (χ3n) is 2.59. The molecule has 0 saturated carbocycles. The van der Waals surface area contributed by atoms with Crippen molar-refractivity contribution >= 4 is 0 Å². The van der Waals surface area contributed by atoms with Gasteiger partial charge in [0.25, 0.3) is 0 Å². The van der Waals surface area contributed by atoms with Gasteiger partial charge in [0.2, 0.25) is 0 Å². The Morgan fingerprint density at radius 1 is 1.44 bits per heavy atom. The van der Waals surface area contributed by atoms with Crippen molar-refractivity contribution in [2.75, 3.05) is 13.7 Å². The van der Waals surface area contributed by atoms with Crippen LogP contribution >= 0.6 is 0 Å². The van der Waals surface area contributed by atoms with Crippen molar-refractivity contribution in [2.24, 2.45) is 0 Å². The van der Waals surface area contributed by atoms with Crippen molar-refractivity contribution < 1.29 is 13.9 Å². The van der Waals surface area contributed by atoms with Gasteiger partial charge in [-0.15, -0.1) is 0 Å². The predicted octanol–water partition coefficient (Wildman–Crippen LogP) is 3.13. The molecule has 0 fully saturated rings. The molecule has 0 aliphatic rings. The van der Waals surface area contributed by atoms with Gasteiger partial charge in [0.1, 0.15) is 0 Å². The highest BCUT2D eigenvalue weighted by Crippen LogP contribution is 2.20. The minimum atomic E-state index is -0.335. The zero-order valence-electron chi connectivity index (χ0n) is 10.3. The molecule has 0 amide bonds. The molecule has 1 radical (unpaired) electrons. The van der Waals surface area contributed by atoms with E-state index in [1.807, 2.05) is 13.8 Å². The van der Waals surface area contributed by atoms with Crippen LogP contribution < -0.4 is 4.74 Å². The Morgan fingerprint density at radius 3 is 2.75 bits per heavy atom. The summed E-state index contributed by atoms with van der Waals surface area (Å²) in [5.41, 5.74) is 0.232. The monoisotopic (exact) mass is 225 g/mol. The van der Waals surface area contributed by atoms with Crippen molar-refractivity contribution in [3.05, 3.63) is 29.6 Å². The summed E-state index contributed by atoms with van der Waals surface area (Å²) in [6.45, 7) is 6.04. The van der Waals surface area contributed by atoms with Crippen molar-refractivity contribution in [2.45, 2.75) is 32.8 Å². The van der Waals surface area contributed by atoms with E-state index >= 15 is 0 Å². The second-order valence-electron chi connectivity index (χ2n) is 4.34. The lowest BCUT2D eigenvalue weighted by atomic mass is 10.1. The standard InChI is InChI=1S/C13H18FO2/c1-10-6-5-7-11(12(10)14)16-9-8-13(2,3)15-4/h5,7H,8-9H2,1-4H3. The van der Waals surface area contributed by atoms with Crippen molar-refractivity contribution in [3.8, 4) is 5.75 Å². The highest BCUT2D eigenvalue weighted by molar-refractivity contribution is 5.29. The van der Waals surface area contributed by atoms with Gasteiger partial charge >= 0.3 is 0 Å². The Morgan fingerprint density at radius 2 is 2.12 bits per heavy atom. The summed E-state index contributed by atoms with van der Waals surface area (Å²) in [7, 11) is 1.65. The van der Waals surface area contributed by atoms with Crippen LogP contribution in [0, 0.1) is 18.8 Å². The number of methoxy groups -OCH3 is 1. The number of rotatable bonds is 5. The zero-order chi connectivity index (χ0) is 12.2. The third-order valence-corrected chi connectivity index (χ3v) is 2.59. The minimum Gasteiger partial charge on any atom is -0.490 e. The Labute approximate surface area is 96.4 Å². The molecule has 89 valence electrons. The summed E-state index contributed by atoms with van der Waals surface area (Å²) >= 11 is 0. The average molecular weight is 225 g/mol. The topological polar surface area (TPSA) is 18.5 Å². The normalized spacial score (nSPS) is 11.6. The highest BCUT2D eigenvalue weighted by atomic mass is 19.1. The Kier molecular flexibility index (Phi) is 4.30. The quantitative estimate of drug-likeness (QED) is 0.766. The lowest BCUT2D eigenvalue weighted by molar-refractivity contribution is 0.00513. The maximum atomic E-state index is 13.5. The molecular formula is C13H18FO2. The van der Waals surface area contributed by atoms with E-state index in [4.69, 9.17) is 9.47 Å². The molecule has 1 rings (SSSR count). The Bertz CT molecular complexity index is 348. The molecule has 0 spiro atoms. The molecule has 1 aromatic carbocycles. The van der Waals surface area contributed by atoms with Gasteiger partial charge in [-0.1, -0.05) is 6.07 Å². The smallest absolute Gasteiger partial charge is 0.168 e. The summed E-state index contributed by atoms with van der Waals surface area (Å²) in [5.74, 6) is -0.0547. The largest absolute Gasteiger partial charge is 0.490 e. The van der Waals surface area contributed by atoms with Gasteiger partial charge in [0.05, 0.1) is 12.2 Å². The number of ether oxygens (including phenoxy) is 2. The minimum absolute atomic E-state index is 0.244. The molecule has 0 aliphatic carbocycles. The van der Waals surface area contributed by atoms with Gasteiger partial charge < -0.3 is 9.47 Å². The molecule has 0 atom stereocenters. The molecule has 2 nitrogen and oxygen atoms in total. The van der Waals surface area contributed by atoms with E-state index in [2.05, 4.69) is 6.07 Å². The second kappa shape index (κ2) is 5.30. The molecule has 0 aliphatic heterocycles. The Balaban J connectivity index is 2.53. The maximum absolute atomic E-state index is 13.5. The fourth-order valence-corrected chi connectivity index (χ4v) is 1.18. The van der Waals surface area contributed by atoms with Gasteiger partial charge in [0, 0.05) is 13.5 Å². The van der Waals surface area contributed by atoms with Crippen LogP contribution in [0.1, 0.15) is 25.8 Å². The van der Waals surface area contributed by atoms with Crippen molar-refractivity contribution in [1.82, 2.24) is 0 Å². The molecule has 0 unspecified atom stereocenters. The van der Waals surface area contributed by atoms with Gasteiger partial charge in [-0.3, -0.25) is 0 Å². The fraction of sp³-hybridized carbons (Fsp3) is 0.538. The molecule has 16 heavy (non-hydrogen) atoms. The summed E-state index contributed by atoms with van der Waals surface area (Å²) in [6, 6.07) is 6.03. The molecule has 0 heterocycles. The van der Waals surface area contributed by atoms with E-state index in [1.165, 1.54) is 0 Å². The number of aryl methyl sites for hydroxylation is 1. The van der Waals surface area contributed by atoms with E-state index in [1.54, 1.807) is 26.2 Å². The average Bonchev–Trinajstić information content (AvgIpc) is 2.24. The van der Waals surface area contributed by atoms with Crippen LogP contribution in [0.5, 0.6) is 5.75 Å². The number of hydrogen-bond acceptors (Lipinski definition) is 2. The van der Waals surface area contributed by atoms with Gasteiger partial charge in [-0.2, -0.15) is 0 Å². The van der Waals surface area contributed by atoms with Gasteiger partial charge in [-0.05, 0) is 38.5 Å². The van der Waals surface area contributed by atoms with E-state index < -0.39 is 0 Å². The summed E-state index contributed by atoms with van der Waals surface area (Å²) in [6.07, 6.45) is 0.709. The van der Waals surface area contributed by atoms with E-state index in [0.717, 1.165) is 0 Å². The lowest BCUT2D eigenvalue weighted by Gasteiger charge is -2.22. The predicted molar refractivity (Wildman–Crippen MR) is 61.2 cm³/mol. The van der Waals surface area contributed by atoms with E-state index in [0.29, 0.717) is 18.6 Å². The van der Waals surface area contributed by atoms with Crippen LogP contribution in [0.25, 0.3) is 0 Å². The summed E-state index contributed by atoms with van der Waals surface area (Å²) in [5, 5.41) is 0. The molecule has 0 bridgehead atoms. The molecule has 1 aromatic rings. The molecule has 0 aromatic heterocycles. The van der Waals surface area contributed by atoms with Crippen LogP contribution in [0.15, 0.2) is 12.1 Å². The summed E-state index contributed by atoms with van der Waals surface area (Å²) < 4.78 is 24.1. The molecular weight excluding hydrogens is 207 g/mol. The molecule has 0 N–H and O–H groups in total. The first kappa shape index (κ1) is 13.0. The highest BCUT2D eigenvalue weighted by Gasteiger charge is 2.16. The SMILES string of the molecule is COC(C)(C)CCOc1cc[c]c(C)c1F. The number of benzene rings is 1. The van der Waals surface area contributed by atoms with E-state index in [-0.39, 0.29) is 17.2 Å². The molecule has 3 heteroatoms. The maximum Gasteiger partial charge on any atom is 0.168 e.